The Kier molecular flexibility index (Phi) is 7.26. The highest BCUT2D eigenvalue weighted by Crippen LogP contribution is 2.17. The second kappa shape index (κ2) is 8.75. The molecule has 19 heavy (non-hydrogen) atoms. The van der Waals surface area contributed by atoms with Gasteiger partial charge in [0, 0.05) is 6.54 Å². The fraction of sp³-hybridized carbons (Fsp3) is 0.533. The molecule has 0 bridgehead atoms. The van der Waals surface area contributed by atoms with Crippen LogP contribution in [0.25, 0.3) is 0 Å². The van der Waals surface area contributed by atoms with E-state index in [1.54, 1.807) is 0 Å². The van der Waals surface area contributed by atoms with E-state index in [2.05, 4.69) is 36.6 Å². The normalized spacial score (nSPS) is 11.7. The van der Waals surface area contributed by atoms with Crippen molar-refractivity contribution in [1.82, 2.24) is 10.6 Å². The maximum absolute atomic E-state index is 5.43. The lowest BCUT2D eigenvalue weighted by molar-refractivity contribution is 0.340. The van der Waals surface area contributed by atoms with E-state index in [0.29, 0.717) is 6.61 Å². The van der Waals surface area contributed by atoms with Crippen molar-refractivity contribution in [2.45, 2.75) is 39.7 Å². The van der Waals surface area contributed by atoms with Gasteiger partial charge in [0.25, 0.3) is 0 Å². The molecule has 0 aromatic heterocycles. The highest BCUT2D eigenvalue weighted by molar-refractivity contribution is 7.80. The van der Waals surface area contributed by atoms with Gasteiger partial charge in [-0.2, -0.15) is 0 Å². The van der Waals surface area contributed by atoms with E-state index in [9.17, 15) is 0 Å². The van der Waals surface area contributed by atoms with Crippen LogP contribution in [0.5, 0.6) is 5.75 Å². The number of hydrogen-bond acceptors (Lipinski definition) is 2. The van der Waals surface area contributed by atoms with Gasteiger partial charge in [-0.05, 0) is 50.2 Å². The largest absolute Gasteiger partial charge is 0.494 e. The van der Waals surface area contributed by atoms with Crippen molar-refractivity contribution < 1.29 is 4.74 Å². The van der Waals surface area contributed by atoms with Crippen molar-refractivity contribution >= 4 is 17.3 Å². The monoisotopic (exact) mass is 280 g/mol. The summed E-state index contributed by atoms with van der Waals surface area (Å²) in [5.74, 6) is 0.905. The third-order valence-electron chi connectivity index (χ3n) is 2.85. The molecular formula is C15H24N2OS. The van der Waals surface area contributed by atoms with Crippen molar-refractivity contribution in [2.75, 3.05) is 13.2 Å². The van der Waals surface area contributed by atoms with E-state index in [4.69, 9.17) is 17.0 Å². The van der Waals surface area contributed by atoms with Crippen molar-refractivity contribution in [3.8, 4) is 5.75 Å². The summed E-state index contributed by atoms with van der Waals surface area (Å²) >= 11 is 5.26. The highest BCUT2D eigenvalue weighted by atomic mass is 32.1. The fourth-order valence-corrected chi connectivity index (χ4v) is 2.01. The second-order valence-electron chi connectivity index (χ2n) is 4.48. The molecule has 1 aromatic rings. The minimum absolute atomic E-state index is 0.192. The van der Waals surface area contributed by atoms with Crippen LogP contribution in [0, 0.1) is 0 Å². The lowest BCUT2D eigenvalue weighted by Gasteiger charge is -2.17. The number of ether oxygens (including phenoxy) is 1. The van der Waals surface area contributed by atoms with Gasteiger partial charge in [-0.25, -0.2) is 0 Å². The topological polar surface area (TPSA) is 33.3 Å². The van der Waals surface area contributed by atoms with Gasteiger partial charge in [-0.1, -0.05) is 25.5 Å². The van der Waals surface area contributed by atoms with Crippen LogP contribution in [0.1, 0.15) is 45.2 Å². The first-order chi connectivity index (χ1) is 9.17. The molecule has 0 aliphatic carbocycles. The van der Waals surface area contributed by atoms with Crippen LogP contribution in [0.15, 0.2) is 24.3 Å². The SMILES string of the molecule is CCCCNC(=S)NC(C)c1ccc(OCC)cc1. The molecule has 0 radical (unpaired) electrons. The van der Waals surface area contributed by atoms with E-state index in [1.807, 2.05) is 19.1 Å². The molecule has 4 heteroatoms. The van der Waals surface area contributed by atoms with Gasteiger partial charge < -0.3 is 15.4 Å². The van der Waals surface area contributed by atoms with Gasteiger partial charge in [0.15, 0.2) is 5.11 Å². The summed E-state index contributed by atoms with van der Waals surface area (Å²) in [7, 11) is 0. The minimum atomic E-state index is 0.192. The van der Waals surface area contributed by atoms with Crippen LogP contribution in [0.3, 0.4) is 0 Å². The Morgan fingerprint density at radius 1 is 1.26 bits per heavy atom. The van der Waals surface area contributed by atoms with Gasteiger partial charge in [0.2, 0.25) is 0 Å². The summed E-state index contributed by atoms with van der Waals surface area (Å²) in [4.78, 5) is 0. The first kappa shape index (κ1) is 15.8. The number of nitrogens with one attached hydrogen (secondary N) is 2. The molecule has 0 amide bonds. The van der Waals surface area contributed by atoms with E-state index in [-0.39, 0.29) is 6.04 Å². The number of rotatable bonds is 7. The van der Waals surface area contributed by atoms with Crippen LogP contribution in [0.2, 0.25) is 0 Å². The molecule has 0 aliphatic heterocycles. The van der Waals surface area contributed by atoms with E-state index < -0.39 is 0 Å². The summed E-state index contributed by atoms with van der Waals surface area (Å²) in [5.41, 5.74) is 1.20. The van der Waals surface area contributed by atoms with Crippen molar-refractivity contribution in [2.24, 2.45) is 0 Å². The van der Waals surface area contributed by atoms with Crippen LogP contribution >= 0.6 is 12.2 Å². The van der Waals surface area contributed by atoms with Crippen LogP contribution in [-0.4, -0.2) is 18.3 Å². The molecule has 1 aromatic carbocycles. The molecule has 2 N–H and O–H groups in total. The minimum Gasteiger partial charge on any atom is -0.494 e. The first-order valence-corrected chi connectivity index (χ1v) is 7.35. The molecule has 1 rings (SSSR count). The Balaban J connectivity index is 2.43. The quantitative estimate of drug-likeness (QED) is 0.592. The Labute approximate surface area is 121 Å². The number of hydrogen-bond donors (Lipinski definition) is 2. The maximum atomic E-state index is 5.43. The van der Waals surface area contributed by atoms with E-state index in [0.717, 1.165) is 23.8 Å². The van der Waals surface area contributed by atoms with E-state index >= 15 is 0 Å². The average Bonchev–Trinajstić information content (AvgIpc) is 2.40. The number of benzene rings is 1. The molecule has 0 saturated carbocycles. The summed E-state index contributed by atoms with van der Waals surface area (Å²) in [5, 5.41) is 7.22. The Bertz CT molecular complexity index is 378. The molecule has 1 unspecified atom stereocenters. The zero-order valence-electron chi connectivity index (χ0n) is 12.0. The molecule has 0 saturated heterocycles. The standard InChI is InChI=1S/C15H24N2OS/c1-4-6-11-16-15(19)17-12(3)13-7-9-14(10-8-13)18-5-2/h7-10,12H,4-6,11H2,1-3H3,(H2,16,17,19). The van der Waals surface area contributed by atoms with Crippen molar-refractivity contribution in [3.05, 3.63) is 29.8 Å². The smallest absolute Gasteiger partial charge is 0.166 e. The predicted octanol–water partition coefficient (Wildman–Crippen LogP) is 3.41. The molecule has 0 spiro atoms. The molecule has 0 aliphatic rings. The second-order valence-corrected chi connectivity index (χ2v) is 4.89. The lowest BCUT2D eigenvalue weighted by Crippen LogP contribution is -2.37. The van der Waals surface area contributed by atoms with Gasteiger partial charge in [-0.15, -0.1) is 0 Å². The molecule has 3 nitrogen and oxygen atoms in total. The van der Waals surface area contributed by atoms with Crippen LogP contribution in [-0.2, 0) is 0 Å². The van der Waals surface area contributed by atoms with Crippen LogP contribution < -0.4 is 15.4 Å². The van der Waals surface area contributed by atoms with Crippen molar-refractivity contribution in [1.29, 1.82) is 0 Å². The molecule has 106 valence electrons. The maximum Gasteiger partial charge on any atom is 0.166 e. The Hall–Kier alpha value is -1.29. The summed E-state index contributed by atoms with van der Waals surface area (Å²) in [6.45, 7) is 7.87. The Morgan fingerprint density at radius 3 is 2.53 bits per heavy atom. The Morgan fingerprint density at radius 2 is 1.95 bits per heavy atom. The van der Waals surface area contributed by atoms with Gasteiger partial charge in [0.05, 0.1) is 12.6 Å². The fourth-order valence-electron chi connectivity index (χ4n) is 1.73. The third-order valence-corrected chi connectivity index (χ3v) is 3.12. The molecular weight excluding hydrogens is 256 g/mol. The van der Waals surface area contributed by atoms with Gasteiger partial charge in [0.1, 0.15) is 5.75 Å². The number of unbranched alkanes of at least 4 members (excludes halogenated alkanes) is 1. The lowest BCUT2D eigenvalue weighted by atomic mass is 10.1. The molecule has 0 fully saturated rings. The number of thiocarbonyl (C=S) groups is 1. The van der Waals surface area contributed by atoms with Gasteiger partial charge >= 0.3 is 0 Å². The third kappa shape index (κ3) is 5.92. The van der Waals surface area contributed by atoms with Crippen LogP contribution in [0.4, 0.5) is 0 Å². The highest BCUT2D eigenvalue weighted by Gasteiger charge is 2.06. The predicted molar refractivity (Wildman–Crippen MR) is 84.7 cm³/mol. The zero-order valence-corrected chi connectivity index (χ0v) is 12.8. The van der Waals surface area contributed by atoms with Gasteiger partial charge in [-0.3, -0.25) is 0 Å². The molecule has 1 atom stereocenters. The summed E-state index contributed by atoms with van der Waals surface area (Å²) in [6, 6.07) is 8.31. The zero-order chi connectivity index (χ0) is 14.1. The first-order valence-electron chi connectivity index (χ1n) is 6.94. The summed E-state index contributed by atoms with van der Waals surface area (Å²) < 4.78 is 5.43. The van der Waals surface area contributed by atoms with Crippen molar-refractivity contribution in [3.63, 3.8) is 0 Å². The van der Waals surface area contributed by atoms with E-state index in [1.165, 1.54) is 12.0 Å². The summed E-state index contributed by atoms with van der Waals surface area (Å²) in [6.07, 6.45) is 2.31. The molecule has 0 heterocycles. The average molecular weight is 280 g/mol.